The van der Waals surface area contributed by atoms with Crippen LogP contribution in [0.3, 0.4) is 0 Å². The molecule has 12 heavy (non-hydrogen) atoms. The van der Waals surface area contributed by atoms with Crippen molar-refractivity contribution in [3.8, 4) is 6.07 Å². The van der Waals surface area contributed by atoms with Crippen LogP contribution in [0.4, 0.5) is 0 Å². The van der Waals surface area contributed by atoms with Crippen LogP contribution >= 0.6 is 0 Å². The number of nitrogens with one attached hydrogen (secondary N) is 2. The van der Waals surface area contributed by atoms with Gasteiger partial charge in [-0.1, -0.05) is 0 Å². The lowest BCUT2D eigenvalue weighted by atomic mass is 10.2. The normalized spacial score (nSPS) is 14.5. The van der Waals surface area contributed by atoms with Crippen molar-refractivity contribution in [1.82, 2.24) is 10.6 Å². The third-order valence-electron chi connectivity index (χ3n) is 1.44. The lowest BCUT2D eigenvalue weighted by Gasteiger charge is -2.13. The number of likely N-dealkylation sites (N-methyl/N-ethyl adjacent to an activating group) is 1. The van der Waals surface area contributed by atoms with Crippen LogP contribution < -0.4 is 10.6 Å². The third kappa shape index (κ3) is 3.94. The van der Waals surface area contributed by atoms with Gasteiger partial charge in [0.15, 0.2) is 0 Å². The molecule has 2 atom stereocenters. The summed E-state index contributed by atoms with van der Waals surface area (Å²) >= 11 is 0. The third-order valence-corrected chi connectivity index (χ3v) is 1.44. The van der Waals surface area contributed by atoms with Crippen LogP contribution in [0.25, 0.3) is 0 Å². The first-order valence-corrected chi connectivity index (χ1v) is 4.05. The molecule has 0 saturated heterocycles. The highest BCUT2D eigenvalue weighted by atomic mass is 16.2. The molecule has 0 fully saturated rings. The lowest BCUT2D eigenvalue weighted by Crippen LogP contribution is -2.45. The predicted molar refractivity (Wildman–Crippen MR) is 46.4 cm³/mol. The van der Waals surface area contributed by atoms with Gasteiger partial charge in [0.25, 0.3) is 0 Å². The van der Waals surface area contributed by atoms with E-state index < -0.39 is 0 Å². The maximum atomic E-state index is 11.1. The quantitative estimate of drug-likeness (QED) is 0.623. The Morgan fingerprint density at radius 3 is 2.58 bits per heavy atom. The molecular weight excluding hydrogens is 154 g/mol. The summed E-state index contributed by atoms with van der Waals surface area (Å²) in [7, 11) is 0. The van der Waals surface area contributed by atoms with E-state index in [0.29, 0.717) is 6.54 Å². The Morgan fingerprint density at radius 2 is 2.17 bits per heavy atom. The highest BCUT2D eigenvalue weighted by molar-refractivity contribution is 5.81. The molecule has 0 radical (unpaired) electrons. The molecule has 0 bridgehead atoms. The van der Waals surface area contributed by atoms with Crippen molar-refractivity contribution in [2.24, 2.45) is 0 Å². The van der Waals surface area contributed by atoms with E-state index in [1.807, 2.05) is 13.0 Å². The molecule has 2 unspecified atom stereocenters. The monoisotopic (exact) mass is 169 g/mol. The Balaban J connectivity index is 3.80. The summed E-state index contributed by atoms with van der Waals surface area (Å²) in [5.41, 5.74) is 0. The van der Waals surface area contributed by atoms with E-state index in [1.165, 1.54) is 0 Å². The summed E-state index contributed by atoms with van der Waals surface area (Å²) in [5, 5.41) is 14.0. The predicted octanol–water partition coefficient (Wildman–Crippen LogP) is 0.0127. The van der Waals surface area contributed by atoms with E-state index in [4.69, 9.17) is 5.26 Å². The number of rotatable bonds is 4. The molecule has 0 rings (SSSR count). The van der Waals surface area contributed by atoms with Crippen molar-refractivity contribution in [3.05, 3.63) is 0 Å². The minimum atomic E-state index is -0.306. The zero-order chi connectivity index (χ0) is 9.56. The Labute approximate surface area is 72.9 Å². The highest BCUT2D eigenvalue weighted by Crippen LogP contribution is 1.85. The van der Waals surface area contributed by atoms with Crippen LogP contribution in [-0.4, -0.2) is 24.5 Å². The number of carbonyl (C=O) groups is 1. The van der Waals surface area contributed by atoms with E-state index in [-0.39, 0.29) is 18.0 Å². The molecule has 4 heteroatoms. The lowest BCUT2D eigenvalue weighted by molar-refractivity contribution is -0.122. The molecule has 1 amide bonds. The molecule has 0 spiro atoms. The first-order valence-electron chi connectivity index (χ1n) is 4.05. The summed E-state index contributed by atoms with van der Waals surface area (Å²) in [4.78, 5) is 11.1. The Bertz CT molecular complexity index is 185. The standard InChI is InChI=1S/C8H15N3O/c1-4-10-8(12)7(3)11-6(2)5-9/h6-7,11H,4H2,1-3H3,(H,10,12). The SMILES string of the molecule is CCNC(=O)C(C)NC(C)C#N. The van der Waals surface area contributed by atoms with Gasteiger partial charge in [0, 0.05) is 6.54 Å². The Hall–Kier alpha value is -1.08. The fourth-order valence-corrected chi connectivity index (χ4v) is 0.815. The molecule has 2 N–H and O–H groups in total. The smallest absolute Gasteiger partial charge is 0.236 e. The summed E-state index contributed by atoms with van der Waals surface area (Å²) in [6, 6.07) is 1.41. The van der Waals surface area contributed by atoms with E-state index in [0.717, 1.165) is 0 Å². The maximum absolute atomic E-state index is 11.1. The van der Waals surface area contributed by atoms with Gasteiger partial charge in [0.1, 0.15) is 0 Å². The molecule has 0 aliphatic heterocycles. The van der Waals surface area contributed by atoms with Crippen LogP contribution in [0.1, 0.15) is 20.8 Å². The van der Waals surface area contributed by atoms with Crippen molar-refractivity contribution >= 4 is 5.91 Å². The molecule has 0 aliphatic carbocycles. The number of hydrogen-bond acceptors (Lipinski definition) is 3. The number of nitriles is 1. The van der Waals surface area contributed by atoms with Gasteiger partial charge in [0.05, 0.1) is 18.2 Å². The van der Waals surface area contributed by atoms with Gasteiger partial charge >= 0.3 is 0 Å². The second-order valence-corrected chi connectivity index (χ2v) is 2.63. The van der Waals surface area contributed by atoms with Crippen LogP contribution in [0, 0.1) is 11.3 Å². The van der Waals surface area contributed by atoms with E-state index in [1.54, 1.807) is 13.8 Å². The van der Waals surface area contributed by atoms with Crippen molar-refractivity contribution in [2.75, 3.05) is 6.54 Å². The van der Waals surface area contributed by atoms with Crippen molar-refractivity contribution < 1.29 is 4.79 Å². The molecule has 68 valence electrons. The Kier molecular flexibility index (Phi) is 5.06. The number of nitrogens with zero attached hydrogens (tertiary/aromatic N) is 1. The first kappa shape index (κ1) is 10.9. The molecule has 0 heterocycles. The molecule has 0 aromatic rings. The highest BCUT2D eigenvalue weighted by Gasteiger charge is 2.13. The Morgan fingerprint density at radius 1 is 1.58 bits per heavy atom. The fraction of sp³-hybridized carbons (Fsp3) is 0.750. The zero-order valence-electron chi connectivity index (χ0n) is 7.72. The van der Waals surface area contributed by atoms with Gasteiger partial charge in [-0.05, 0) is 20.8 Å². The van der Waals surface area contributed by atoms with E-state index in [2.05, 4.69) is 10.6 Å². The van der Waals surface area contributed by atoms with Crippen LogP contribution in [-0.2, 0) is 4.79 Å². The molecule has 0 aliphatic rings. The molecule has 0 aromatic heterocycles. The second-order valence-electron chi connectivity index (χ2n) is 2.63. The number of carbonyl (C=O) groups excluding carboxylic acids is 1. The topological polar surface area (TPSA) is 64.9 Å². The van der Waals surface area contributed by atoms with Crippen molar-refractivity contribution in [1.29, 1.82) is 5.26 Å². The average molecular weight is 169 g/mol. The van der Waals surface area contributed by atoms with Gasteiger partial charge < -0.3 is 5.32 Å². The number of amides is 1. The maximum Gasteiger partial charge on any atom is 0.236 e. The number of hydrogen-bond donors (Lipinski definition) is 2. The van der Waals surface area contributed by atoms with Gasteiger partial charge in [0.2, 0.25) is 5.91 Å². The van der Waals surface area contributed by atoms with Crippen LogP contribution in [0.5, 0.6) is 0 Å². The van der Waals surface area contributed by atoms with E-state index in [9.17, 15) is 4.79 Å². The minimum absolute atomic E-state index is 0.0698. The fourth-order valence-electron chi connectivity index (χ4n) is 0.815. The first-order chi connectivity index (χ1) is 5.61. The second kappa shape index (κ2) is 5.56. The largest absolute Gasteiger partial charge is 0.355 e. The summed E-state index contributed by atoms with van der Waals surface area (Å²) < 4.78 is 0. The van der Waals surface area contributed by atoms with Crippen molar-refractivity contribution in [2.45, 2.75) is 32.9 Å². The summed E-state index contributed by atoms with van der Waals surface area (Å²) in [6.07, 6.45) is 0. The molecule has 0 aromatic carbocycles. The van der Waals surface area contributed by atoms with Gasteiger partial charge in [-0.2, -0.15) is 5.26 Å². The molecular formula is C8H15N3O. The average Bonchev–Trinajstić information content (AvgIpc) is 2.04. The van der Waals surface area contributed by atoms with Gasteiger partial charge in [-0.15, -0.1) is 0 Å². The summed E-state index contributed by atoms with van der Waals surface area (Å²) in [5.74, 6) is -0.0698. The van der Waals surface area contributed by atoms with Crippen LogP contribution in [0.15, 0.2) is 0 Å². The minimum Gasteiger partial charge on any atom is -0.355 e. The van der Waals surface area contributed by atoms with E-state index >= 15 is 0 Å². The van der Waals surface area contributed by atoms with Gasteiger partial charge in [-0.25, -0.2) is 0 Å². The van der Waals surface area contributed by atoms with Crippen molar-refractivity contribution in [3.63, 3.8) is 0 Å². The zero-order valence-corrected chi connectivity index (χ0v) is 7.72. The van der Waals surface area contributed by atoms with Crippen LogP contribution in [0.2, 0.25) is 0 Å². The summed E-state index contributed by atoms with van der Waals surface area (Å²) in [6.45, 7) is 5.93. The molecule has 0 saturated carbocycles. The van der Waals surface area contributed by atoms with Gasteiger partial charge in [-0.3, -0.25) is 10.1 Å². The molecule has 4 nitrogen and oxygen atoms in total.